The fourth-order valence-electron chi connectivity index (χ4n) is 0.519. The van der Waals surface area contributed by atoms with Gasteiger partial charge in [-0.25, -0.2) is 4.98 Å². The maximum absolute atomic E-state index is 8.43. The van der Waals surface area contributed by atoms with Crippen molar-refractivity contribution in [3.05, 3.63) is 16.9 Å². The van der Waals surface area contributed by atoms with E-state index in [1.54, 1.807) is 0 Å². The fourth-order valence-corrected chi connectivity index (χ4v) is 0.683. The fraction of sp³-hybridized carbons (Fsp3) is 0.167. The molecule has 5 heteroatoms. The molecule has 0 amide bonds. The molecule has 0 aliphatic heterocycles. The van der Waals surface area contributed by atoms with E-state index in [-0.39, 0.29) is 16.7 Å². The molecule has 1 heterocycles. The van der Waals surface area contributed by atoms with E-state index in [0.29, 0.717) is 0 Å². The number of hydrogen-bond donors (Lipinski definition) is 0. The Morgan fingerprint density at radius 2 is 2.45 bits per heavy atom. The van der Waals surface area contributed by atoms with Crippen LogP contribution >= 0.6 is 11.6 Å². The summed E-state index contributed by atoms with van der Waals surface area (Å²) >= 11 is 5.55. The van der Waals surface area contributed by atoms with Crippen LogP contribution in [0.1, 0.15) is 5.56 Å². The van der Waals surface area contributed by atoms with Crippen molar-refractivity contribution in [3.8, 4) is 12.1 Å². The highest BCUT2D eigenvalue weighted by molar-refractivity contribution is 6.30. The molecule has 4 nitrogen and oxygen atoms in total. The van der Waals surface area contributed by atoms with Gasteiger partial charge < -0.3 is 4.74 Å². The Morgan fingerprint density at radius 3 is 2.91 bits per heavy atom. The van der Waals surface area contributed by atoms with E-state index in [0.717, 1.165) is 0 Å². The van der Waals surface area contributed by atoms with Crippen LogP contribution < -0.4 is 4.74 Å². The SMILES string of the molecule is COc1ncc(C#N)c(Cl)n1. The molecule has 0 aromatic carbocycles. The van der Waals surface area contributed by atoms with Gasteiger partial charge in [0.15, 0.2) is 5.15 Å². The zero-order chi connectivity index (χ0) is 8.27. The number of methoxy groups -OCH3 is 1. The van der Waals surface area contributed by atoms with Crippen LogP contribution in [0.5, 0.6) is 6.01 Å². The van der Waals surface area contributed by atoms with Crippen molar-refractivity contribution >= 4 is 11.6 Å². The monoisotopic (exact) mass is 169 g/mol. The van der Waals surface area contributed by atoms with Crippen molar-refractivity contribution in [2.75, 3.05) is 7.11 Å². The Labute approximate surface area is 68.4 Å². The highest BCUT2D eigenvalue weighted by atomic mass is 35.5. The summed E-state index contributed by atoms with van der Waals surface area (Å²) in [6.45, 7) is 0. The molecule has 0 fully saturated rings. The van der Waals surface area contributed by atoms with Gasteiger partial charge in [-0.1, -0.05) is 11.6 Å². The standard InChI is InChI=1S/C6H4ClN3O/c1-11-6-9-3-4(2-8)5(7)10-6/h3H,1H3. The Morgan fingerprint density at radius 1 is 1.73 bits per heavy atom. The molecule has 0 saturated heterocycles. The normalized spacial score (nSPS) is 8.82. The third-order valence-electron chi connectivity index (χ3n) is 1.02. The Balaban J connectivity index is 3.12. The summed E-state index contributed by atoms with van der Waals surface area (Å²) in [5, 5.41) is 8.54. The first kappa shape index (κ1) is 7.76. The predicted molar refractivity (Wildman–Crippen MR) is 38.3 cm³/mol. The van der Waals surface area contributed by atoms with Crippen molar-refractivity contribution in [2.45, 2.75) is 0 Å². The van der Waals surface area contributed by atoms with Gasteiger partial charge in [-0.2, -0.15) is 10.2 Å². The summed E-state index contributed by atoms with van der Waals surface area (Å²) in [6, 6.07) is 2.00. The van der Waals surface area contributed by atoms with E-state index in [1.807, 2.05) is 6.07 Å². The van der Waals surface area contributed by atoms with E-state index in [4.69, 9.17) is 16.9 Å². The molecule has 0 radical (unpaired) electrons. The lowest BCUT2D eigenvalue weighted by Gasteiger charge is -1.96. The average Bonchev–Trinajstić information content (AvgIpc) is 2.04. The summed E-state index contributed by atoms with van der Waals surface area (Å²) < 4.78 is 4.68. The van der Waals surface area contributed by atoms with Crippen molar-refractivity contribution in [3.63, 3.8) is 0 Å². The quantitative estimate of drug-likeness (QED) is 0.589. The summed E-state index contributed by atoms with van der Waals surface area (Å²) in [4.78, 5) is 7.36. The summed E-state index contributed by atoms with van der Waals surface area (Å²) in [7, 11) is 1.43. The third kappa shape index (κ3) is 1.57. The highest BCUT2D eigenvalue weighted by Gasteiger charge is 2.02. The van der Waals surface area contributed by atoms with Gasteiger partial charge >= 0.3 is 6.01 Å². The molecule has 56 valence electrons. The van der Waals surface area contributed by atoms with Crippen molar-refractivity contribution < 1.29 is 4.74 Å². The number of nitriles is 1. The van der Waals surface area contributed by atoms with Gasteiger partial charge in [0.25, 0.3) is 0 Å². The third-order valence-corrected chi connectivity index (χ3v) is 1.31. The lowest BCUT2D eigenvalue weighted by Crippen LogP contribution is -1.93. The van der Waals surface area contributed by atoms with Crippen LogP contribution in [0.15, 0.2) is 6.20 Å². The topological polar surface area (TPSA) is 58.8 Å². The molecule has 0 atom stereocenters. The van der Waals surface area contributed by atoms with Crippen LogP contribution in [0.2, 0.25) is 5.15 Å². The first-order valence-electron chi connectivity index (χ1n) is 2.74. The molecular formula is C6H4ClN3O. The Bertz CT molecular complexity index is 307. The molecule has 0 bridgehead atoms. The van der Waals surface area contributed by atoms with Gasteiger partial charge in [0.2, 0.25) is 0 Å². The summed E-state index contributed by atoms with van der Waals surface area (Å²) in [6.07, 6.45) is 1.31. The number of nitrogens with zero attached hydrogens (tertiary/aromatic N) is 3. The van der Waals surface area contributed by atoms with E-state index < -0.39 is 0 Å². The molecular weight excluding hydrogens is 166 g/mol. The largest absolute Gasteiger partial charge is 0.467 e. The number of rotatable bonds is 1. The highest BCUT2D eigenvalue weighted by Crippen LogP contribution is 2.12. The molecule has 1 aromatic heterocycles. The van der Waals surface area contributed by atoms with Crippen molar-refractivity contribution in [2.24, 2.45) is 0 Å². The Hall–Kier alpha value is -1.34. The molecule has 0 aliphatic carbocycles. The second-order valence-electron chi connectivity index (χ2n) is 1.67. The first-order valence-corrected chi connectivity index (χ1v) is 3.12. The lowest BCUT2D eigenvalue weighted by molar-refractivity contribution is 0.379. The van der Waals surface area contributed by atoms with Crippen LogP contribution in [0.3, 0.4) is 0 Å². The average molecular weight is 170 g/mol. The minimum absolute atomic E-state index is 0.111. The van der Waals surface area contributed by atoms with Crippen molar-refractivity contribution in [1.29, 1.82) is 5.26 Å². The van der Waals surface area contributed by atoms with E-state index in [9.17, 15) is 0 Å². The van der Waals surface area contributed by atoms with Gasteiger partial charge in [0.05, 0.1) is 13.3 Å². The number of halogens is 1. The van der Waals surface area contributed by atoms with Gasteiger partial charge in [-0.05, 0) is 0 Å². The smallest absolute Gasteiger partial charge is 0.317 e. The second-order valence-corrected chi connectivity index (χ2v) is 2.03. The zero-order valence-electron chi connectivity index (χ0n) is 5.71. The van der Waals surface area contributed by atoms with Crippen LogP contribution in [0.4, 0.5) is 0 Å². The summed E-state index contributed by atoms with van der Waals surface area (Å²) in [5.74, 6) is 0. The number of ether oxygens (including phenoxy) is 1. The lowest BCUT2D eigenvalue weighted by atomic mass is 10.4. The van der Waals surface area contributed by atoms with Crippen molar-refractivity contribution in [1.82, 2.24) is 9.97 Å². The van der Waals surface area contributed by atoms with E-state index >= 15 is 0 Å². The van der Waals surface area contributed by atoms with Crippen LogP contribution in [0, 0.1) is 11.3 Å². The van der Waals surface area contributed by atoms with Gasteiger partial charge in [0.1, 0.15) is 11.6 Å². The predicted octanol–water partition coefficient (Wildman–Crippen LogP) is 1.01. The number of hydrogen-bond acceptors (Lipinski definition) is 4. The van der Waals surface area contributed by atoms with E-state index in [1.165, 1.54) is 13.3 Å². The maximum atomic E-state index is 8.43. The minimum Gasteiger partial charge on any atom is -0.467 e. The molecule has 11 heavy (non-hydrogen) atoms. The molecule has 0 spiro atoms. The molecule has 1 aromatic rings. The molecule has 0 unspecified atom stereocenters. The summed E-state index contributed by atoms with van der Waals surface area (Å²) in [5.41, 5.74) is 0.243. The maximum Gasteiger partial charge on any atom is 0.317 e. The molecule has 0 saturated carbocycles. The first-order chi connectivity index (χ1) is 5.27. The molecule has 0 aliphatic rings. The van der Waals surface area contributed by atoms with Crippen LogP contribution in [0.25, 0.3) is 0 Å². The number of aromatic nitrogens is 2. The van der Waals surface area contributed by atoms with Gasteiger partial charge in [0, 0.05) is 0 Å². The molecule has 0 N–H and O–H groups in total. The van der Waals surface area contributed by atoms with Crippen LogP contribution in [-0.2, 0) is 0 Å². The zero-order valence-corrected chi connectivity index (χ0v) is 6.46. The van der Waals surface area contributed by atoms with Gasteiger partial charge in [-0.15, -0.1) is 0 Å². The minimum atomic E-state index is 0.111. The van der Waals surface area contributed by atoms with E-state index in [2.05, 4.69) is 14.7 Å². The second kappa shape index (κ2) is 3.17. The van der Waals surface area contributed by atoms with Crippen LogP contribution in [-0.4, -0.2) is 17.1 Å². The molecule has 1 rings (SSSR count). The Kier molecular flexibility index (Phi) is 2.24. The van der Waals surface area contributed by atoms with Gasteiger partial charge in [-0.3, -0.25) is 0 Å².